The Hall–Kier alpha value is -1.59. The molecule has 1 amide bonds. The molecule has 0 radical (unpaired) electrons. The molecule has 0 spiro atoms. The fourth-order valence-corrected chi connectivity index (χ4v) is 1.83. The average Bonchev–Trinajstić information content (AvgIpc) is 2.36. The number of aromatic carboxylic acids is 1. The second-order valence-electron chi connectivity index (χ2n) is 4.37. The highest BCUT2D eigenvalue weighted by atomic mass is 35.5. The molecule has 0 fully saturated rings. The third-order valence-corrected chi connectivity index (χ3v) is 3.36. The summed E-state index contributed by atoms with van der Waals surface area (Å²) in [6.07, 6.45) is 0.760. The minimum absolute atomic E-state index is 0.00691. The van der Waals surface area contributed by atoms with Crippen LogP contribution in [0.25, 0.3) is 0 Å². The Labute approximate surface area is 116 Å². The normalized spacial score (nSPS) is 13.7. The van der Waals surface area contributed by atoms with E-state index in [0.717, 1.165) is 6.42 Å². The van der Waals surface area contributed by atoms with E-state index in [-0.39, 0.29) is 22.2 Å². The van der Waals surface area contributed by atoms with E-state index in [1.807, 2.05) is 13.8 Å². The number of carbonyl (C=O) groups is 2. The predicted molar refractivity (Wildman–Crippen MR) is 74.5 cm³/mol. The predicted octanol–water partition coefficient (Wildman–Crippen LogP) is 2.35. The van der Waals surface area contributed by atoms with Gasteiger partial charge in [-0.1, -0.05) is 37.9 Å². The van der Waals surface area contributed by atoms with E-state index >= 15 is 0 Å². The summed E-state index contributed by atoms with van der Waals surface area (Å²) in [5.74, 6) is -1.61. The van der Waals surface area contributed by atoms with E-state index in [1.54, 1.807) is 6.07 Å². The van der Waals surface area contributed by atoms with Crippen molar-refractivity contribution >= 4 is 29.2 Å². The SMILES string of the molecule is CCC(C)C(N)C(=O)Nc1cccc(Cl)c1C(=O)O. The van der Waals surface area contributed by atoms with E-state index in [0.29, 0.717) is 0 Å². The molecule has 0 aliphatic heterocycles. The number of nitrogens with two attached hydrogens (primary N) is 1. The molecular weight excluding hydrogens is 268 g/mol. The number of anilines is 1. The van der Waals surface area contributed by atoms with Gasteiger partial charge in [0.1, 0.15) is 5.56 Å². The molecule has 0 saturated heterocycles. The zero-order valence-corrected chi connectivity index (χ0v) is 11.6. The van der Waals surface area contributed by atoms with Gasteiger partial charge in [-0.25, -0.2) is 4.79 Å². The number of halogens is 1. The van der Waals surface area contributed by atoms with Gasteiger partial charge in [-0.3, -0.25) is 4.79 Å². The van der Waals surface area contributed by atoms with Crippen molar-refractivity contribution in [3.05, 3.63) is 28.8 Å². The number of amides is 1. The molecule has 19 heavy (non-hydrogen) atoms. The summed E-state index contributed by atoms with van der Waals surface area (Å²) < 4.78 is 0. The Bertz CT molecular complexity index is 491. The van der Waals surface area contributed by atoms with E-state index in [4.69, 9.17) is 22.4 Å². The van der Waals surface area contributed by atoms with Gasteiger partial charge in [0.25, 0.3) is 0 Å². The maximum absolute atomic E-state index is 11.9. The van der Waals surface area contributed by atoms with E-state index in [9.17, 15) is 9.59 Å². The highest BCUT2D eigenvalue weighted by molar-refractivity contribution is 6.34. The maximum atomic E-state index is 11.9. The van der Waals surface area contributed by atoms with E-state index in [1.165, 1.54) is 12.1 Å². The molecule has 1 aromatic carbocycles. The van der Waals surface area contributed by atoms with Crippen LogP contribution in [0.4, 0.5) is 5.69 Å². The van der Waals surface area contributed by atoms with Gasteiger partial charge in [-0.2, -0.15) is 0 Å². The first kappa shape index (κ1) is 15.5. The van der Waals surface area contributed by atoms with Crippen LogP contribution < -0.4 is 11.1 Å². The van der Waals surface area contributed by atoms with Crippen LogP contribution in [-0.4, -0.2) is 23.0 Å². The summed E-state index contributed by atoms with van der Waals surface area (Å²) >= 11 is 5.81. The molecular formula is C13H17ClN2O3. The molecule has 104 valence electrons. The first-order chi connectivity index (χ1) is 8.88. The first-order valence-electron chi connectivity index (χ1n) is 5.96. The number of hydrogen-bond donors (Lipinski definition) is 3. The summed E-state index contributed by atoms with van der Waals surface area (Å²) in [7, 11) is 0. The van der Waals surface area contributed by atoms with Crippen LogP contribution in [0.1, 0.15) is 30.6 Å². The Morgan fingerprint density at radius 3 is 2.63 bits per heavy atom. The first-order valence-corrected chi connectivity index (χ1v) is 6.34. The molecule has 0 aliphatic carbocycles. The summed E-state index contributed by atoms with van der Waals surface area (Å²) in [4.78, 5) is 23.0. The number of rotatable bonds is 5. The number of hydrogen-bond acceptors (Lipinski definition) is 3. The van der Waals surface area contributed by atoms with Crippen molar-refractivity contribution in [3.63, 3.8) is 0 Å². The van der Waals surface area contributed by atoms with E-state index in [2.05, 4.69) is 5.32 Å². The number of nitrogens with one attached hydrogen (secondary N) is 1. The fourth-order valence-electron chi connectivity index (χ4n) is 1.57. The lowest BCUT2D eigenvalue weighted by Gasteiger charge is -2.18. The van der Waals surface area contributed by atoms with Gasteiger partial charge in [-0.05, 0) is 18.1 Å². The van der Waals surface area contributed by atoms with Crippen molar-refractivity contribution in [3.8, 4) is 0 Å². The molecule has 0 aromatic heterocycles. The van der Waals surface area contributed by atoms with Crippen molar-refractivity contribution < 1.29 is 14.7 Å². The molecule has 2 unspecified atom stereocenters. The average molecular weight is 285 g/mol. The van der Waals surface area contributed by atoms with Gasteiger partial charge in [0.05, 0.1) is 16.8 Å². The Morgan fingerprint density at radius 2 is 2.11 bits per heavy atom. The molecule has 0 saturated carbocycles. The monoisotopic (exact) mass is 284 g/mol. The summed E-state index contributed by atoms with van der Waals surface area (Å²) in [6, 6.07) is 3.82. The second kappa shape index (κ2) is 6.54. The molecule has 4 N–H and O–H groups in total. The topological polar surface area (TPSA) is 92.4 Å². The summed E-state index contributed by atoms with van der Waals surface area (Å²) in [5.41, 5.74) is 5.82. The highest BCUT2D eigenvalue weighted by Gasteiger charge is 2.22. The summed E-state index contributed by atoms with van der Waals surface area (Å²) in [5, 5.41) is 11.7. The molecule has 0 aliphatic rings. The van der Waals surface area contributed by atoms with Crippen LogP contribution in [0.2, 0.25) is 5.02 Å². The smallest absolute Gasteiger partial charge is 0.339 e. The molecule has 1 aromatic rings. The van der Waals surface area contributed by atoms with Crippen LogP contribution in [0.3, 0.4) is 0 Å². The molecule has 0 heterocycles. The number of carboxylic acid groups (broad SMARTS) is 1. The molecule has 6 heteroatoms. The van der Waals surface area contributed by atoms with Gasteiger partial charge >= 0.3 is 5.97 Å². The third kappa shape index (κ3) is 3.68. The van der Waals surface area contributed by atoms with Crippen LogP contribution in [-0.2, 0) is 4.79 Å². The van der Waals surface area contributed by atoms with Gasteiger partial charge in [0.2, 0.25) is 5.91 Å². The lowest BCUT2D eigenvalue weighted by atomic mass is 9.99. The fraction of sp³-hybridized carbons (Fsp3) is 0.385. The van der Waals surface area contributed by atoms with Gasteiger partial charge in [0, 0.05) is 0 Å². The Morgan fingerprint density at radius 1 is 1.47 bits per heavy atom. The largest absolute Gasteiger partial charge is 0.478 e. The van der Waals surface area contributed by atoms with Gasteiger partial charge < -0.3 is 16.2 Å². The Kier molecular flexibility index (Phi) is 5.32. The van der Waals surface area contributed by atoms with Crippen molar-refractivity contribution in [1.82, 2.24) is 0 Å². The minimum Gasteiger partial charge on any atom is -0.478 e. The van der Waals surface area contributed by atoms with Crippen LogP contribution in [0.15, 0.2) is 18.2 Å². The maximum Gasteiger partial charge on any atom is 0.339 e. The zero-order chi connectivity index (χ0) is 14.6. The van der Waals surface area contributed by atoms with Crippen molar-refractivity contribution in [2.75, 3.05) is 5.32 Å². The van der Waals surface area contributed by atoms with Crippen LogP contribution >= 0.6 is 11.6 Å². The molecule has 5 nitrogen and oxygen atoms in total. The van der Waals surface area contributed by atoms with Gasteiger partial charge in [-0.15, -0.1) is 0 Å². The summed E-state index contributed by atoms with van der Waals surface area (Å²) in [6.45, 7) is 3.79. The number of benzene rings is 1. The zero-order valence-electron chi connectivity index (χ0n) is 10.8. The molecule has 1 rings (SSSR count). The highest BCUT2D eigenvalue weighted by Crippen LogP contribution is 2.24. The number of carboxylic acids is 1. The van der Waals surface area contributed by atoms with E-state index < -0.39 is 17.9 Å². The second-order valence-corrected chi connectivity index (χ2v) is 4.78. The lowest BCUT2D eigenvalue weighted by Crippen LogP contribution is -2.40. The number of carbonyl (C=O) groups excluding carboxylic acids is 1. The van der Waals surface area contributed by atoms with Crippen molar-refractivity contribution in [1.29, 1.82) is 0 Å². The quantitative estimate of drug-likeness (QED) is 0.774. The minimum atomic E-state index is -1.20. The van der Waals surface area contributed by atoms with Crippen molar-refractivity contribution in [2.45, 2.75) is 26.3 Å². The standard InChI is InChI=1S/C13H17ClN2O3/c1-3-7(2)11(15)12(17)16-9-6-4-5-8(14)10(9)13(18)19/h4-7,11H,3,15H2,1-2H3,(H,16,17)(H,18,19). The molecule has 0 bridgehead atoms. The van der Waals surface area contributed by atoms with Crippen LogP contribution in [0, 0.1) is 5.92 Å². The third-order valence-electron chi connectivity index (χ3n) is 3.05. The Balaban J connectivity index is 2.97. The molecule has 2 atom stereocenters. The lowest BCUT2D eigenvalue weighted by molar-refractivity contribution is -0.118. The van der Waals surface area contributed by atoms with Gasteiger partial charge in [0.15, 0.2) is 0 Å². The van der Waals surface area contributed by atoms with Crippen molar-refractivity contribution in [2.24, 2.45) is 11.7 Å². The van der Waals surface area contributed by atoms with Crippen LogP contribution in [0.5, 0.6) is 0 Å².